The number of halogens is 2. The summed E-state index contributed by atoms with van der Waals surface area (Å²) in [5, 5.41) is 4.45. The van der Waals surface area contributed by atoms with Crippen LogP contribution in [0.4, 0.5) is 0 Å². The van der Waals surface area contributed by atoms with Crippen LogP contribution in [0.15, 0.2) is 18.7 Å². The summed E-state index contributed by atoms with van der Waals surface area (Å²) in [4.78, 5) is 0. The van der Waals surface area contributed by atoms with E-state index in [1.165, 1.54) is 17.5 Å². The van der Waals surface area contributed by atoms with Crippen molar-refractivity contribution in [3.05, 3.63) is 40.4 Å². The molecule has 0 saturated carbocycles. The van der Waals surface area contributed by atoms with Gasteiger partial charge in [0.05, 0.1) is 5.02 Å². The molecule has 1 aromatic rings. The first kappa shape index (κ1) is 13.9. The highest BCUT2D eigenvalue weighted by Gasteiger charge is 2.43. The largest absolute Gasteiger partial charge is 0.316 e. The van der Waals surface area contributed by atoms with Gasteiger partial charge in [0.1, 0.15) is 0 Å². The topological polar surface area (TPSA) is 12.0 Å². The highest BCUT2D eigenvalue weighted by atomic mass is 35.5. The predicted molar refractivity (Wildman–Crippen MR) is 80.8 cm³/mol. The van der Waals surface area contributed by atoms with Gasteiger partial charge >= 0.3 is 0 Å². The fourth-order valence-electron chi connectivity index (χ4n) is 3.42. The summed E-state index contributed by atoms with van der Waals surface area (Å²) in [6.45, 7) is 8.45. The van der Waals surface area contributed by atoms with Crippen molar-refractivity contribution in [1.82, 2.24) is 5.32 Å². The second kappa shape index (κ2) is 4.88. The zero-order valence-electron chi connectivity index (χ0n) is 10.6. The Balaban J connectivity index is 0.00000120. The van der Waals surface area contributed by atoms with E-state index in [4.69, 9.17) is 11.6 Å². The van der Waals surface area contributed by atoms with Crippen LogP contribution in [-0.2, 0) is 6.42 Å². The maximum atomic E-state index is 6.47. The van der Waals surface area contributed by atoms with Crippen molar-refractivity contribution in [2.45, 2.75) is 25.7 Å². The van der Waals surface area contributed by atoms with Crippen LogP contribution in [0, 0.1) is 5.41 Å². The molecule has 0 amide bonds. The molecule has 0 aromatic heterocycles. The fourth-order valence-corrected chi connectivity index (χ4v) is 3.77. The van der Waals surface area contributed by atoms with Gasteiger partial charge in [-0.25, -0.2) is 0 Å². The van der Waals surface area contributed by atoms with Gasteiger partial charge in [0, 0.05) is 19.0 Å². The van der Waals surface area contributed by atoms with Crippen molar-refractivity contribution in [3.8, 4) is 0 Å². The van der Waals surface area contributed by atoms with Crippen molar-refractivity contribution >= 4 is 30.1 Å². The monoisotopic (exact) mass is 283 g/mol. The molecule has 3 heteroatoms. The summed E-state index contributed by atoms with van der Waals surface area (Å²) in [6.07, 6.45) is 4.19. The van der Waals surface area contributed by atoms with E-state index in [0.29, 0.717) is 11.3 Å². The minimum atomic E-state index is 0. The standard InChI is InChI=1S/C15H18ClN.ClH/c1-3-10-4-5-11-12(14(10)16)6-7-15(2)9-17-8-13(11)15;/h3-5,13,17H,1,6-9H2,2H3;1H. The average Bonchev–Trinajstić information content (AvgIpc) is 2.71. The Morgan fingerprint density at radius 3 is 3.00 bits per heavy atom. The van der Waals surface area contributed by atoms with E-state index in [-0.39, 0.29) is 12.4 Å². The molecule has 98 valence electrons. The second-order valence-corrected chi connectivity index (χ2v) is 5.96. The quantitative estimate of drug-likeness (QED) is 0.820. The third-order valence-electron chi connectivity index (χ3n) is 4.57. The lowest BCUT2D eigenvalue weighted by molar-refractivity contribution is 0.277. The van der Waals surface area contributed by atoms with Crippen LogP contribution in [-0.4, -0.2) is 13.1 Å². The first-order chi connectivity index (χ1) is 8.15. The highest BCUT2D eigenvalue weighted by molar-refractivity contribution is 6.33. The van der Waals surface area contributed by atoms with Crippen LogP contribution >= 0.6 is 24.0 Å². The summed E-state index contributed by atoms with van der Waals surface area (Å²) >= 11 is 6.47. The minimum absolute atomic E-state index is 0. The maximum absolute atomic E-state index is 6.47. The first-order valence-corrected chi connectivity index (χ1v) is 6.68. The van der Waals surface area contributed by atoms with Gasteiger partial charge in [-0.2, -0.15) is 0 Å². The molecule has 2 atom stereocenters. The molecule has 0 radical (unpaired) electrons. The zero-order valence-corrected chi connectivity index (χ0v) is 12.2. The summed E-state index contributed by atoms with van der Waals surface area (Å²) in [7, 11) is 0. The molecular formula is C15H19Cl2N. The first-order valence-electron chi connectivity index (χ1n) is 6.30. The third-order valence-corrected chi connectivity index (χ3v) is 5.02. The molecule has 0 bridgehead atoms. The summed E-state index contributed by atoms with van der Waals surface area (Å²) in [6, 6.07) is 4.37. The molecule has 1 heterocycles. The molecule has 1 aliphatic heterocycles. The van der Waals surface area contributed by atoms with Crippen molar-refractivity contribution < 1.29 is 0 Å². The van der Waals surface area contributed by atoms with Crippen LogP contribution in [0.1, 0.15) is 36.0 Å². The van der Waals surface area contributed by atoms with Crippen LogP contribution in [0.3, 0.4) is 0 Å². The molecule has 18 heavy (non-hydrogen) atoms. The van der Waals surface area contributed by atoms with E-state index in [9.17, 15) is 0 Å². The molecule has 2 aliphatic rings. The lowest BCUT2D eigenvalue weighted by atomic mass is 9.67. The molecule has 1 N–H and O–H groups in total. The van der Waals surface area contributed by atoms with Crippen LogP contribution in [0.2, 0.25) is 5.02 Å². The minimum Gasteiger partial charge on any atom is -0.316 e. The van der Waals surface area contributed by atoms with Gasteiger partial charge in [0.15, 0.2) is 0 Å². The molecule has 1 saturated heterocycles. The molecule has 1 fully saturated rings. The van der Waals surface area contributed by atoms with Gasteiger partial charge in [-0.05, 0) is 34.9 Å². The Kier molecular flexibility index (Phi) is 3.77. The highest BCUT2D eigenvalue weighted by Crippen LogP contribution is 2.49. The van der Waals surface area contributed by atoms with Crippen molar-refractivity contribution in [2.24, 2.45) is 5.41 Å². The normalized spacial score (nSPS) is 29.1. The van der Waals surface area contributed by atoms with Crippen molar-refractivity contribution in [2.75, 3.05) is 13.1 Å². The van der Waals surface area contributed by atoms with Gasteiger partial charge in [-0.3, -0.25) is 0 Å². The SMILES string of the molecule is C=Cc1ccc2c(c1Cl)CCC1(C)CNCC21.Cl. The van der Waals surface area contributed by atoms with Crippen LogP contribution < -0.4 is 5.32 Å². The summed E-state index contributed by atoms with van der Waals surface area (Å²) in [5.41, 5.74) is 4.31. The van der Waals surface area contributed by atoms with E-state index >= 15 is 0 Å². The Morgan fingerprint density at radius 2 is 2.28 bits per heavy atom. The second-order valence-electron chi connectivity index (χ2n) is 5.58. The number of hydrogen-bond acceptors (Lipinski definition) is 1. The summed E-state index contributed by atoms with van der Waals surface area (Å²) in [5.74, 6) is 0.627. The Hall–Kier alpha value is -0.500. The Bertz CT molecular complexity index is 484. The number of benzene rings is 1. The summed E-state index contributed by atoms with van der Waals surface area (Å²) < 4.78 is 0. The third kappa shape index (κ3) is 1.89. The number of hydrogen-bond donors (Lipinski definition) is 1. The van der Waals surface area contributed by atoms with Gasteiger partial charge in [0.2, 0.25) is 0 Å². The lowest BCUT2D eigenvalue weighted by Gasteiger charge is -2.37. The van der Waals surface area contributed by atoms with Crippen LogP contribution in [0.5, 0.6) is 0 Å². The van der Waals surface area contributed by atoms with E-state index in [1.807, 2.05) is 6.08 Å². The fraction of sp³-hybridized carbons (Fsp3) is 0.467. The molecule has 3 rings (SSSR count). The van der Waals surface area contributed by atoms with Crippen molar-refractivity contribution in [3.63, 3.8) is 0 Å². The number of rotatable bonds is 1. The molecule has 1 aliphatic carbocycles. The number of nitrogens with one attached hydrogen (secondary N) is 1. The smallest absolute Gasteiger partial charge is 0.0513 e. The molecule has 1 nitrogen and oxygen atoms in total. The van der Waals surface area contributed by atoms with Crippen molar-refractivity contribution in [1.29, 1.82) is 0 Å². The van der Waals surface area contributed by atoms with Gasteiger partial charge in [-0.1, -0.05) is 43.3 Å². The molecule has 2 unspecified atom stereocenters. The van der Waals surface area contributed by atoms with Gasteiger partial charge in [0.25, 0.3) is 0 Å². The zero-order chi connectivity index (χ0) is 12.0. The van der Waals surface area contributed by atoms with E-state index in [0.717, 1.165) is 30.1 Å². The van der Waals surface area contributed by atoms with Gasteiger partial charge in [-0.15, -0.1) is 12.4 Å². The Morgan fingerprint density at radius 1 is 1.50 bits per heavy atom. The van der Waals surface area contributed by atoms with Crippen LogP contribution in [0.25, 0.3) is 6.08 Å². The molecule has 0 spiro atoms. The average molecular weight is 284 g/mol. The Labute approximate surface area is 120 Å². The maximum Gasteiger partial charge on any atom is 0.0513 e. The van der Waals surface area contributed by atoms with E-state index in [1.54, 1.807) is 0 Å². The van der Waals surface area contributed by atoms with E-state index in [2.05, 4.69) is 31.0 Å². The van der Waals surface area contributed by atoms with Gasteiger partial charge < -0.3 is 5.32 Å². The molecular weight excluding hydrogens is 265 g/mol. The van der Waals surface area contributed by atoms with E-state index < -0.39 is 0 Å². The predicted octanol–water partition coefficient (Wildman–Crippen LogP) is 4.04. The lowest BCUT2D eigenvalue weighted by Crippen LogP contribution is -2.30. The number of fused-ring (bicyclic) bond motifs is 3. The molecule has 1 aromatic carbocycles.